The van der Waals surface area contributed by atoms with Crippen LogP contribution in [0.5, 0.6) is 0 Å². The van der Waals surface area contributed by atoms with E-state index in [1.165, 1.54) is 12.0 Å². The predicted octanol–water partition coefficient (Wildman–Crippen LogP) is 1.76. The van der Waals surface area contributed by atoms with Crippen LogP contribution in [0.3, 0.4) is 0 Å². The Labute approximate surface area is 157 Å². The number of hydrogen-bond donors (Lipinski definition) is 0. The molecule has 7 heteroatoms. The molecule has 3 aliphatic rings. The van der Waals surface area contributed by atoms with Crippen LogP contribution in [0.2, 0.25) is 0 Å². The average Bonchev–Trinajstić information content (AvgIpc) is 3.15. The Morgan fingerprint density at radius 2 is 1.48 bits per heavy atom. The van der Waals surface area contributed by atoms with Crippen molar-refractivity contribution in [1.29, 1.82) is 0 Å². The number of esters is 1. The summed E-state index contributed by atoms with van der Waals surface area (Å²) in [7, 11) is 1.29. The zero-order valence-electron chi connectivity index (χ0n) is 15.2. The summed E-state index contributed by atoms with van der Waals surface area (Å²) >= 11 is 0. The number of ether oxygens (including phenoxy) is 1. The van der Waals surface area contributed by atoms with Crippen LogP contribution in [-0.2, 0) is 14.3 Å². The lowest BCUT2D eigenvalue weighted by atomic mass is 9.94. The van der Waals surface area contributed by atoms with E-state index in [1.807, 2.05) is 4.90 Å². The van der Waals surface area contributed by atoms with Crippen LogP contribution in [0.25, 0.3) is 0 Å². The third kappa shape index (κ3) is 2.91. The maximum Gasteiger partial charge on any atom is 0.338 e. The van der Waals surface area contributed by atoms with Gasteiger partial charge in [-0.05, 0) is 37.8 Å². The quantitative estimate of drug-likeness (QED) is 0.598. The van der Waals surface area contributed by atoms with Crippen LogP contribution in [-0.4, -0.2) is 58.7 Å². The van der Waals surface area contributed by atoms with Crippen LogP contribution in [0.4, 0.5) is 0 Å². The zero-order chi connectivity index (χ0) is 19.1. The van der Waals surface area contributed by atoms with Gasteiger partial charge in [-0.3, -0.25) is 19.3 Å². The first-order valence-corrected chi connectivity index (χ1v) is 9.36. The fraction of sp³-hybridized carbons (Fsp3) is 0.500. The number of piperidine rings is 1. The van der Waals surface area contributed by atoms with Gasteiger partial charge in [0.2, 0.25) is 11.8 Å². The lowest BCUT2D eigenvalue weighted by molar-refractivity contribution is -0.142. The van der Waals surface area contributed by atoms with Gasteiger partial charge in [0.1, 0.15) is 0 Å². The summed E-state index contributed by atoms with van der Waals surface area (Å²) in [5, 5.41) is 0. The number of imide groups is 1. The van der Waals surface area contributed by atoms with Crippen LogP contribution in [0, 0.1) is 0 Å². The van der Waals surface area contributed by atoms with Crippen LogP contribution >= 0.6 is 0 Å². The first kappa shape index (κ1) is 17.7. The van der Waals surface area contributed by atoms with Gasteiger partial charge in [-0.15, -0.1) is 0 Å². The number of carbonyl (C=O) groups is 4. The van der Waals surface area contributed by atoms with Gasteiger partial charge in [0.15, 0.2) is 0 Å². The van der Waals surface area contributed by atoms with Crippen molar-refractivity contribution in [1.82, 2.24) is 9.80 Å². The second kappa shape index (κ2) is 6.79. The van der Waals surface area contributed by atoms with E-state index in [9.17, 15) is 19.2 Å². The Hall–Kier alpha value is -2.70. The number of carbonyl (C=O) groups excluding carboxylic acids is 4. The average molecular weight is 370 g/mol. The van der Waals surface area contributed by atoms with E-state index in [-0.39, 0.29) is 41.4 Å². The number of amides is 3. The summed E-state index contributed by atoms with van der Waals surface area (Å²) in [6.07, 6.45) is 3.51. The third-order valence-corrected chi connectivity index (χ3v) is 5.96. The number of hydrogen-bond acceptors (Lipinski definition) is 5. The molecular formula is C20H22N2O5. The first-order valence-electron chi connectivity index (χ1n) is 9.36. The number of methoxy groups -OCH3 is 1. The van der Waals surface area contributed by atoms with Gasteiger partial charge in [0.25, 0.3) is 5.91 Å². The molecule has 3 aliphatic heterocycles. The van der Waals surface area contributed by atoms with E-state index in [4.69, 9.17) is 4.74 Å². The molecule has 7 nitrogen and oxygen atoms in total. The maximum atomic E-state index is 13.2. The molecule has 2 unspecified atom stereocenters. The number of benzene rings is 1. The van der Waals surface area contributed by atoms with Crippen molar-refractivity contribution in [3.63, 3.8) is 0 Å². The summed E-state index contributed by atoms with van der Waals surface area (Å²) in [6, 6.07) is 6.51. The standard InChI is InChI=1S/C20H22N2O5/c1-27-20(26)16-5-3-2-4-15(16)19(25)21-12-6-7-13(21)11-14(10-12)22-17(23)8-9-18(22)24/h2-5,12-14H,6-11H2,1H3. The molecule has 2 bridgehead atoms. The number of rotatable bonds is 3. The topological polar surface area (TPSA) is 84.0 Å². The normalized spacial score (nSPS) is 27.2. The molecular weight excluding hydrogens is 348 g/mol. The molecule has 4 rings (SSSR count). The second-order valence-electron chi connectivity index (χ2n) is 7.42. The molecule has 0 spiro atoms. The fourth-order valence-corrected chi connectivity index (χ4v) is 4.79. The van der Waals surface area contributed by atoms with E-state index in [1.54, 1.807) is 24.3 Å². The lowest BCUT2D eigenvalue weighted by Gasteiger charge is -2.41. The highest BCUT2D eigenvalue weighted by molar-refractivity contribution is 6.06. The minimum absolute atomic E-state index is 0.0202. The number of nitrogens with zero attached hydrogens (tertiary/aromatic N) is 2. The molecule has 3 saturated heterocycles. The van der Waals surface area contributed by atoms with E-state index >= 15 is 0 Å². The van der Waals surface area contributed by atoms with Gasteiger partial charge in [0, 0.05) is 31.0 Å². The summed E-state index contributed by atoms with van der Waals surface area (Å²) in [6.45, 7) is 0. The smallest absolute Gasteiger partial charge is 0.338 e. The van der Waals surface area contributed by atoms with Crippen LogP contribution in [0.1, 0.15) is 59.2 Å². The van der Waals surface area contributed by atoms with Crippen molar-refractivity contribution >= 4 is 23.7 Å². The summed E-state index contributed by atoms with van der Waals surface area (Å²) < 4.78 is 4.80. The van der Waals surface area contributed by atoms with E-state index in [2.05, 4.69) is 0 Å². The Balaban J connectivity index is 1.57. The van der Waals surface area contributed by atoms with Gasteiger partial charge < -0.3 is 9.64 Å². The maximum absolute atomic E-state index is 13.2. The zero-order valence-corrected chi connectivity index (χ0v) is 15.2. The van der Waals surface area contributed by atoms with Crippen molar-refractivity contribution < 1.29 is 23.9 Å². The molecule has 3 heterocycles. The first-order chi connectivity index (χ1) is 13.0. The molecule has 0 N–H and O–H groups in total. The second-order valence-corrected chi connectivity index (χ2v) is 7.42. The van der Waals surface area contributed by atoms with E-state index < -0.39 is 5.97 Å². The molecule has 3 fully saturated rings. The Kier molecular flexibility index (Phi) is 4.45. The monoisotopic (exact) mass is 370 g/mol. The van der Waals surface area contributed by atoms with Crippen LogP contribution < -0.4 is 0 Å². The van der Waals surface area contributed by atoms with Gasteiger partial charge in [0.05, 0.1) is 18.2 Å². The molecule has 0 aromatic heterocycles. The molecule has 27 heavy (non-hydrogen) atoms. The van der Waals surface area contributed by atoms with Gasteiger partial charge >= 0.3 is 5.97 Å². The van der Waals surface area contributed by atoms with Gasteiger partial charge in [-0.2, -0.15) is 0 Å². The van der Waals surface area contributed by atoms with E-state index in [0.717, 1.165) is 12.8 Å². The Morgan fingerprint density at radius 3 is 2.04 bits per heavy atom. The van der Waals surface area contributed by atoms with Gasteiger partial charge in [-0.1, -0.05) is 12.1 Å². The van der Waals surface area contributed by atoms with E-state index in [0.29, 0.717) is 31.2 Å². The predicted molar refractivity (Wildman–Crippen MR) is 94.9 cm³/mol. The van der Waals surface area contributed by atoms with Crippen molar-refractivity contribution in [2.75, 3.05) is 7.11 Å². The molecule has 0 radical (unpaired) electrons. The van der Waals surface area contributed by atoms with Crippen molar-refractivity contribution in [3.05, 3.63) is 35.4 Å². The summed E-state index contributed by atoms with van der Waals surface area (Å²) in [4.78, 5) is 52.7. The number of fused-ring (bicyclic) bond motifs is 2. The molecule has 2 atom stereocenters. The van der Waals surface area contributed by atoms with Crippen molar-refractivity contribution in [3.8, 4) is 0 Å². The Morgan fingerprint density at radius 1 is 0.926 bits per heavy atom. The Bertz CT molecular complexity index is 790. The molecule has 1 aromatic rings. The molecule has 3 amide bonds. The fourth-order valence-electron chi connectivity index (χ4n) is 4.79. The molecule has 142 valence electrons. The highest BCUT2D eigenvalue weighted by Gasteiger charge is 2.48. The van der Waals surface area contributed by atoms with Crippen molar-refractivity contribution in [2.24, 2.45) is 0 Å². The van der Waals surface area contributed by atoms with Gasteiger partial charge in [-0.25, -0.2) is 4.79 Å². The SMILES string of the molecule is COC(=O)c1ccccc1C(=O)N1C2CCC1CC(N1C(=O)CCC1=O)C2. The van der Waals surface area contributed by atoms with Crippen LogP contribution in [0.15, 0.2) is 24.3 Å². The highest BCUT2D eigenvalue weighted by atomic mass is 16.5. The highest BCUT2D eigenvalue weighted by Crippen LogP contribution is 2.40. The molecule has 1 aromatic carbocycles. The summed E-state index contributed by atoms with van der Waals surface area (Å²) in [5.41, 5.74) is 0.601. The third-order valence-electron chi connectivity index (χ3n) is 5.96. The lowest BCUT2D eigenvalue weighted by Crippen LogP contribution is -2.53. The van der Waals surface area contributed by atoms with Crippen molar-refractivity contribution in [2.45, 2.75) is 56.7 Å². The summed E-state index contributed by atoms with van der Waals surface area (Å²) in [5.74, 6) is -0.907. The number of likely N-dealkylation sites (tertiary alicyclic amines) is 1. The minimum Gasteiger partial charge on any atom is -0.465 e. The molecule has 0 aliphatic carbocycles. The molecule has 0 saturated carbocycles. The minimum atomic E-state index is -0.533. The largest absolute Gasteiger partial charge is 0.465 e.